The standard InChI is InChI=1S/C25H32N6O3S/c1-13-20(24-29-17-4-2-3-5-19(17)35-24)23(28-18-8-15(12-32)21(33)22(18)34)30-25(26-13)27-16-10-31(11-16)9-14-6-7-14/h2-5,14-16,18,21-22,32-34H,6-12H2,1H3,(H2,26,27,28,30)/t15-,18-,21-,22+/m1/s1. The topological polar surface area (TPSA) is 127 Å². The number of para-hydroxylation sites is 1. The number of aryl methyl sites for hydroxylation is 1. The van der Waals surface area contributed by atoms with Crippen molar-refractivity contribution in [1.82, 2.24) is 19.9 Å². The first-order valence-corrected chi connectivity index (χ1v) is 13.3. The number of hydrogen-bond acceptors (Lipinski definition) is 10. The second-order valence-corrected chi connectivity index (χ2v) is 11.3. The van der Waals surface area contributed by atoms with E-state index < -0.39 is 18.2 Å². The summed E-state index contributed by atoms with van der Waals surface area (Å²) in [5.41, 5.74) is 2.52. The van der Waals surface area contributed by atoms with Crippen LogP contribution in [-0.2, 0) is 0 Å². The van der Waals surface area contributed by atoms with Crippen molar-refractivity contribution in [1.29, 1.82) is 0 Å². The number of aromatic nitrogens is 3. The quantitative estimate of drug-likeness (QED) is 0.319. The number of likely N-dealkylation sites (tertiary alicyclic amines) is 1. The highest BCUT2D eigenvalue weighted by molar-refractivity contribution is 7.21. The number of nitrogens with one attached hydrogen (secondary N) is 2. The van der Waals surface area contributed by atoms with Crippen molar-refractivity contribution in [2.45, 2.75) is 50.5 Å². The fraction of sp³-hybridized carbons (Fsp3) is 0.560. The van der Waals surface area contributed by atoms with Gasteiger partial charge in [-0.05, 0) is 44.2 Å². The Hall–Kier alpha value is -2.37. The molecule has 2 saturated carbocycles. The molecule has 0 radical (unpaired) electrons. The molecule has 5 N–H and O–H groups in total. The predicted octanol–water partition coefficient (Wildman–Crippen LogP) is 2.08. The largest absolute Gasteiger partial charge is 0.396 e. The average molecular weight is 497 g/mol. The molecule has 1 saturated heterocycles. The summed E-state index contributed by atoms with van der Waals surface area (Å²) in [4.78, 5) is 16.9. The number of thiazole rings is 1. The van der Waals surface area contributed by atoms with Gasteiger partial charge in [0.1, 0.15) is 16.9 Å². The lowest BCUT2D eigenvalue weighted by Gasteiger charge is -2.39. The minimum atomic E-state index is -0.996. The molecule has 35 heavy (non-hydrogen) atoms. The van der Waals surface area contributed by atoms with Crippen LogP contribution in [0.2, 0.25) is 0 Å². The zero-order valence-corrected chi connectivity index (χ0v) is 20.6. The molecule has 0 amide bonds. The highest BCUT2D eigenvalue weighted by atomic mass is 32.1. The first-order valence-electron chi connectivity index (χ1n) is 12.5. The Morgan fingerprint density at radius 1 is 1.06 bits per heavy atom. The highest BCUT2D eigenvalue weighted by Crippen LogP contribution is 2.38. The lowest BCUT2D eigenvalue weighted by atomic mass is 10.1. The van der Waals surface area contributed by atoms with Crippen LogP contribution < -0.4 is 10.6 Å². The van der Waals surface area contributed by atoms with Gasteiger partial charge in [-0.3, -0.25) is 4.90 Å². The van der Waals surface area contributed by atoms with Crippen LogP contribution in [0.5, 0.6) is 0 Å². The number of aliphatic hydroxyl groups is 3. The molecule has 3 heterocycles. The van der Waals surface area contributed by atoms with Gasteiger partial charge in [0.05, 0.1) is 39.7 Å². The maximum absolute atomic E-state index is 10.6. The summed E-state index contributed by atoms with van der Waals surface area (Å²) in [7, 11) is 0. The molecule has 0 unspecified atom stereocenters. The maximum Gasteiger partial charge on any atom is 0.225 e. The molecular formula is C25H32N6O3S. The van der Waals surface area contributed by atoms with Crippen LogP contribution >= 0.6 is 11.3 Å². The minimum absolute atomic E-state index is 0.171. The third-order valence-electron chi connectivity index (χ3n) is 7.46. The van der Waals surface area contributed by atoms with E-state index in [1.54, 1.807) is 11.3 Å². The van der Waals surface area contributed by atoms with Crippen LogP contribution in [0.15, 0.2) is 24.3 Å². The van der Waals surface area contributed by atoms with Crippen LogP contribution in [0.25, 0.3) is 20.8 Å². The molecule has 0 bridgehead atoms. The molecule has 3 aliphatic rings. The molecule has 6 rings (SSSR count). The Labute approximate surface area is 208 Å². The number of aliphatic hydroxyl groups excluding tert-OH is 3. The van der Waals surface area contributed by atoms with Gasteiger partial charge in [-0.15, -0.1) is 11.3 Å². The van der Waals surface area contributed by atoms with Crippen molar-refractivity contribution in [2.24, 2.45) is 11.8 Å². The van der Waals surface area contributed by atoms with Gasteiger partial charge in [-0.25, -0.2) is 9.97 Å². The van der Waals surface area contributed by atoms with Gasteiger partial charge in [0.25, 0.3) is 0 Å². The minimum Gasteiger partial charge on any atom is -0.396 e. The predicted molar refractivity (Wildman–Crippen MR) is 137 cm³/mol. The van der Waals surface area contributed by atoms with Crippen molar-refractivity contribution in [3.63, 3.8) is 0 Å². The van der Waals surface area contributed by atoms with E-state index in [4.69, 9.17) is 15.0 Å². The molecule has 10 heteroatoms. The molecule has 1 aromatic carbocycles. The fourth-order valence-corrected chi connectivity index (χ4v) is 6.32. The Balaban J connectivity index is 1.29. The second kappa shape index (κ2) is 9.25. The van der Waals surface area contributed by atoms with Gasteiger partial charge in [-0.2, -0.15) is 4.98 Å². The summed E-state index contributed by atoms with van der Waals surface area (Å²) in [6.45, 7) is 4.96. The van der Waals surface area contributed by atoms with E-state index >= 15 is 0 Å². The van der Waals surface area contributed by atoms with Gasteiger partial charge >= 0.3 is 0 Å². The zero-order chi connectivity index (χ0) is 24.1. The zero-order valence-electron chi connectivity index (χ0n) is 19.8. The molecule has 0 spiro atoms. The Kier molecular flexibility index (Phi) is 6.10. The van der Waals surface area contributed by atoms with E-state index in [2.05, 4.69) is 15.5 Å². The van der Waals surface area contributed by atoms with Crippen LogP contribution in [0.4, 0.5) is 11.8 Å². The molecule has 2 aliphatic carbocycles. The molecule has 3 aromatic rings. The number of benzene rings is 1. The van der Waals surface area contributed by atoms with Gasteiger partial charge in [0.2, 0.25) is 5.95 Å². The number of hydrogen-bond donors (Lipinski definition) is 5. The molecule has 3 fully saturated rings. The van der Waals surface area contributed by atoms with E-state index in [1.807, 2.05) is 31.2 Å². The Morgan fingerprint density at radius 3 is 2.57 bits per heavy atom. The number of rotatable bonds is 8. The van der Waals surface area contributed by atoms with Gasteiger partial charge in [-0.1, -0.05) is 12.1 Å². The molecule has 186 valence electrons. The molecule has 9 nitrogen and oxygen atoms in total. The number of anilines is 2. The maximum atomic E-state index is 10.6. The van der Waals surface area contributed by atoms with E-state index in [0.717, 1.165) is 45.5 Å². The number of nitrogens with zero attached hydrogens (tertiary/aromatic N) is 4. The summed E-state index contributed by atoms with van der Waals surface area (Å²) in [5, 5.41) is 38.2. The molecule has 1 aliphatic heterocycles. The Bertz CT molecular complexity index is 1180. The molecule has 2 aromatic heterocycles. The second-order valence-electron chi connectivity index (χ2n) is 10.3. The lowest BCUT2D eigenvalue weighted by molar-refractivity contribution is 0.00446. The summed E-state index contributed by atoms with van der Waals surface area (Å²) >= 11 is 1.58. The van der Waals surface area contributed by atoms with Crippen LogP contribution in [0.3, 0.4) is 0 Å². The lowest BCUT2D eigenvalue weighted by Crippen LogP contribution is -2.55. The van der Waals surface area contributed by atoms with Crippen LogP contribution in [-0.4, -0.2) is 85.7 Å². The normalized spacial score (nSPS) is 27.3. The number of fused-ring (bicyclic) bond motifs is 1. The summed E-state index contributed by atoms with van der Waals surface area (Å²) < 4.78 is 1.08. The first kappa shape index (κ1) is 23.1. The van der Waals surface area contributed by atoms with E-state index in [9.17, 15) is 15.3 Å². The third-order valence-corrected chi connectivity index (χ3v) is 8.51. The molecule has 4 atom stereocenters. The summed E-state index contributed by atoms with van der Waals surface area (Å²) in [6, 6.07) is 7.88. The van der Waals surface area contributed by atoms with Gasteiger partial charge in [0, 0.05) is 32.2 Å². The Morgan fingerprint density at radius 2 is 1.86 bits per heavy atom. The van der Waals surface area contributed by atoms with Crippen molar-refractivity contribution in [2.75, 3.05) is 36.9 Å². The van der Waals surface area contributed by atoms with Crippen molar-refractivity contribution >= 4 is 33.3 Å². The molecular weight excluding hydrogens is 464 g/mol. The smallest absolute Gasteiger partial charge is 0.225 e. The first-order chi connectivity index (χ1) is 17.0. The summed E-state index contributed by atoms with van der Waals surface area (Å²) in [6.07, 6.45) is 1.19. The van der Waals surface area contributed by atoms with Crippen LogP contribution in [0, 0.1) is 18.8 Å². The SMILES string of the molecule is Cc1nc(NC2CN(CC3CC3)C2)nc(N[C@@H]2C[C@H](CO)[C@@H](O)[C@H]2O)c1-c1nc2ccccc2s1. The van der Waals surface area contributed by atoms with Crippen LogP contribution in [0.1, 0.15) is 25.0 Å². The monoisotopic (exact) mass is 496 g/mol. The van der Waals surface area contributed by atoms with E-state index in [0.29, 0.717) is 24.2 Å². The summed E-state index contributed by atoms with van der Waals surface area (Å²) in [5.74, 6) is 1.65. The van der Waals surface area contributed by atoms with E-state index in [1.165, 1.54) is 19.4 Å². The highest BCUT2D eigenvalue weighted by Gasteiger charge is 2.42. The third kappa shape index (κ3) is 4.61. The van der Waals surface area contributed by atoms with Crippen molar-refractivity contribution in [3.8, 4) is 10.6 Å². The van der Waals surface area contributed by atoms with Crippen molar-refractivity contribution < 1.29 is 15.3 Å². The fourth-order valence-electron chi connectivity index (χ4n) is 5.26. The van der Waals surface area contributed by atoms with Gasteiger partial charge < -0.3 is 26.0 Å². The van der Waals surface area contributed by atoms with E-state index in [-0.39, 0.29) is 12.5 Å². The van der Waals surface area contributed by atoms with Crippen molar-refractivity contribution in [3.05, 3.63) is 30.0 Å². The van der Waals surface area contributed by atoms with Gasteiger partial charge in [0.15, 0.2) is 0 Å². The average Bonchev–Trinajstić information content (AvgIpc) is 3.47.